The van der Waals surface area contributed by atoms with E-state index in [1.165, 1.54) is 24.5 Å². The van der Waals surface area contributed by atoms with Gasteiger partial charge in [-0.1, -0.05) is 24.3 Å². The Bertz CT molecular complexity index is 1160. The summed E-state index contributed by atoms with van der Waals surface area (Å²) < 4.78 is 6.30. The first-order chi connectivity index (χ1) is 14.0. The van der Waals surface area contributed by atoms with Gasteiger partial charge in [0.2, 0.25) is 0 Å². The Balaban J connectivity index is 1.91. The third-order valence-corrected chi connectivity index (χ3v) is 5.60. The van der Waals surface area contributed by atoms with Crippen molar-refractivity contribution >= 4 is 35.0 Å². The maximum Gasteiger partial charge on any atom is 0.266 e. The van der Waals surface area contributed by atoms with Gasteiger partial charge in [0.1, 0.15) is 5.75 Å². The van der Waals surface area contributed by atoms with Crippen molar-refractivity contribution in [2.75, 3.05) is 25.1 Å². The van der Waals surface area contributed by atoms with Gasteiger partial charge in [0, 0.05) is 24.9 Å². The number of anilines is 1. The molecule has 0 saturated carbocycles. The minimum Gasteiger partial charge on any atom is -0.496 e. The van der Waals surface area contributed by atoms with Crippen molar-refractivity contribution in [2.24, 2.45) is 0 Å². The van der Waals surface area contributed by atoms with Gasteiger partial charge in [-0.3, -0.25) is 9.59 Å². The van der Waals surface area contributed by atoms with Gasteiger partial charge in [0.15, 0.2) is 5.78 Å². The molecule has 0 amide bonds. The number of para-hydroxylation sites is 1. The number of nitrogens with one attached hydrogen (secondary N) is 1. The van der Waals surface area contributed by atoms with E-state index in [0.29, 0.717) is 20.5 Å². The first-order valence-electron chi connectivity index (χ1n) is 9.50. The van der Waals surface area contributed by atoms with Crippen molar-refractivity contribution in [3.8, 4) is 5.75 Å². The van der Waals surface area contributed by atoms with Crippen LogP contribution in [0.5, 0.6) is 5.75 Å². The molecular formula is C23H24N2O3S. The molecule has 0 unspecified atom stereocenters. The summed E-state index contributed by atoms with van der Waals surface area (Å²) in [7, 11) is 1.53. The Morgan fingerprint density at radius 2 is 1.79 bits per heavy atom. The molecule has 0 spiro atoms. The van der Waals surface area contributed by atoms with Gasteiger partial charge in [0.05, 0.1) is 21.9 Å². The molecule has 0 aliphatic carbocycles. The van der Waals surface area contributed by atoms with Gasteiger partial charge in [-0.25, -0.2) is 0 Å². The van der Waals surface area contributed by atoms with Crippen LogP contribution in [0.25, 0.3) is 12.2 Å². The largest absolute Gasteiger partial charge is 0.496 e. The summed E-state index contributed by atoms with van der Waals surface area (Å²) in [4.78, 5) is 29.9. The number of thiazole rings is 1. The standard InChI is InChI=1S/C23H24N2O3S/c1-4-25(5-2)17-12-10-16(11-13-17)14-21-23(27)24-22(29-21)15-19(26)18-8-6-7-9-20(18)28-3/h6-15H,4-5H2,1-3H3,(H,24,27)/b21-14-,22-15-. The quantitative estimate of drug-likeness (QED) is 0.611. The summed E-state index contributed by atoms with van der Waals surface area (Å²) in [6, 6.07) is 15.1. The van der Waals surface area contributed by atoms with Crippen LogP contribution in [0.15, 0.2) is 53.3 Å². The Labute approximate surface area is 173 Å². The van der Waals surface area contributed by atoms with Gasteiger partial charge >= 0.3 is 0 Å². The maximum atomic E-state index is 12.6. The molecule has 29 heavy (non-hydrogen) atoms. The predicted molar refractivity (Wildman–Crippen MR) is 120 cm³/mol. The molecule has 0 bridgehead atoms. The summed E-state index contributed by atoms with van der Waals surface area (Å²) >= 11 is 1.26. The van der Waals surface area contributed by atoms with Crippen LogP contribution in [0.2, 0.25) is 0 Å². The minimum atomic E-state index is -0.213. The Morgan fingerprint density at radius 1 is 1.10 bits per heavy atom. The number of carbonyl (C=O) groups is 1. The molecule has 2 aromatic carbocycles. The molecule has 1 heterocycles. The summed E-state index contributed by atoms with van der Waals surface area (Å²) in [5, 5.41) is 0. The van der Waals surface area contributed by atoms with Gasteiger partial charge in [-0.05, 0) is 49.8 Å². The number of nitrogens with zero attached hydrogens (tertiary/aromatic N) is 1. The zero-order chi connectivity index (χ0) is 20.8. The lowest BCUT2D eigenvalue weighted by Crippen LogP contribution is -2.21. The number of hydrogen-bond donors (Lipinski definition) is 1. The number of rotatable bonds is 7. The fraction of sp³-hybridized carbons (Fsp3) is 0.217. The molecule has 0 aliphatic rings. The summed E-state index contributed by atoms with van der Waals surface area (Å²) in [6.45, 7) is 6.14. The van der Waals surface area contributed by atoms with Gasteiger partial charge in [-0.2, -0.15) is 0 Å². The van der Waals surface area contributed by atoms with Crippen LogP contribution in [0.4, 0.5) is 5.69 Å². The second kappa shape index (κ2) is 9.39. The van der Waals surface area contributed by atoms with Gasteiger partial charge in [-0.15, -0.1) is 11.3 Å². The van der Waals surface area contributed by atoms with E-state index in [4.69, 9.17) is 4.74 Å². The van der Waals surface area contributed by atoms with E-state index in [9.17, 15) is 9.59 Å². The van der Waals surface area contributed by atoms with Crippen LogP contribution in [0.3, 0.4) is 0 Å². The molecule has 0 atom stereocenters. The van der Waals surface area contributed by atoms with Crippen LogP contribution in [-0.2, 0) is 0 Å². The van der Waals surface area contributed by atoms with E-state index in [0.717, 1.165) is 24.3 Å². The molecule has 0 radical (unpaired) electrons. The van der Waals surface area contributed by atoms with Crippen LogP contribution < -0.4 is 24.4 Å². The number of aromatic nitrogens is 1. The number of aromatic amines is 1. The third kappa shape index (κ3) is 4.84. The predicted octanol–water partition coefficient (Wildman–Crippen LogP) is 2.78. The molecule has 0 fully saturated rings. The summed E-state index contributed by atoms with van der Waals surface area (Å²) in [5.74, 6) is 0.294. The van der Waals surface area contributed by atoms with Crippen molar-refractivity contribution in [1.29, 1.82) is 0 Å². The van der Waals surface area contributed by atoms with Crippen molar-refractivity contribution < 1.29 is 9.53 Å². The van der Waals surface area contributed by atoms with Crippen LogP contribution >= 0.6 is 11.3 Å². The van der Waals surface area contributed by atoms with Crippen LogP contribution in [0, 0.1) is 0 Å². The number of carbonyl (C=O) groups excluding carboxylic acids is 1. The highest BCUT2D eigenvalue weighted by Gasteiger charge is 2.09. The fourth-order valence-electron chi connectivity index (χ4n) is 3.09. The molecular weight excluding hydrogens is 384 g/mol. The van der Waals surface area contributed by atoms with E-state index in [1.54, 1.807) is 24.3 Å². The maximum absolute atomic E-state index is 12.6. The summed E-state index contributed by atoms with van der Waals surface area (Å²) in [5.41, 5.74) is 2.35. The SMILES string of the molecule is CCN(CC)c1ccc(/C=c2\s/c(=C\C(=O)c3ccccc3OC)[nH]c2=O)cc1. The Kier molecular flexibility index (Phi) is 6.67. The van der Waals surface area contributed by atoms with Crippen molar-refractivity contribution in [1.82, 2.24) is 4.98 Å². The van der Waals surface area contributed by atoms with E-state index in [1.807, 2.05) is 18.2 Å². The molecule has 3 rings (SSSR count). The van der Waals surface area contributed by atoms with Crippen molar-refractivity contribution in [2.45, 2.75) is 13.8 Å². The molecule has 1 aromatic heterocycles. The first kappa shape index (κ1) is 20.6. The second-order valence-corrected chi connectivity index (χ2v) is 7.49. The molecule has 3 aromatic rings. The topological polar surface area (TPSA) is 62.4 Å². The lowest BCUT2D eigenvalue weighted by Gasteiger charge is -2.20. The molecule has 1 N–H and O–H groups in total. The molecule has 6 heteroatoms. The number of benzene rings is 2. The lowest BCUT2D eigenvalue weighted by atomic mass is 10.1. The van der Waals surface area contributed by atoms with Crippen LogP contribution in [0.1, 0.15) is 29.8 Å². The number of H-pyrrole nitrogens is 1. The number of Topliss-reactive ketones (excluding diaryl/α,β-unsaturated/α-hetero) is 1. The van der Waals surface area contributed by atoms with E-state index in [2.05, 4.69) is 35.9 Å². The number of methoxy groups -OCH3 is 1. The van der Waals surface area contributed by atoms with E-state index < -0.39 is 0 Å². The van der Waals surface area contributed by atoms with Crippen molar-refractivity contribution in [3.63, 3.8) is 0 Å². The first-order valence-corrected chi connectivity index (χ1v) is 10.3. The zero-order valence-electron chi connectivity index (χ0n) is 16.8. The van der Waals surface area contributed by atoms with Gasteiger partial charge < -0.3 is 14.6 Å². The number of hydrogen-bond acceptors (Lipinski definition) is 5. The lowest BCUT2D eigenvalue weighted by molar-refractivity contribution is 0.105. The minimum absolute atomic E-state index is 0.207. The number of ketones is 1. The third-order valence-electron chi connectivity index (χ3n) is 4.63. The average Bonchev–Trinajstić information content (AvgIpc) is 3.08. The monoisotopic (exact) mass is 408 g/mol. The summed E-state index contributed by atoms with van der Waals surface area (Å²) in [6.07, 6.45) is 3.27. The zero-order valence-corrected chi connectivity index (χ0v) is 17.6. The van der Waals surface area contributed by atoms with Crippen molar-refractivity contribution in [3.05, 3.63) is 79.2 Å². The molecule has 0 saturated heterocycles. The van der Waals surface area contributed by atoms with E-state index >= 15 is 0 Å². The molecule has 5 nitrogen and oxygen atoms in total. The Hall–Kier alpha value is -3.12. The average molecular weight is 409 g/mol. The highest BCUT2D eigenvalue weighted by atomic mass is 32.1. The number of ether oxygens (including phenoxy) is 1. The highest BCUT2D eigenvalue weighted by molar-refractivity contribution is 7.07. The van der Waals surface area contributed by atoms with Crippen LogP contribution in [-0.4, -0.2) is 31.0 Å². The fourth-order valence-corrected chi connectivity index (χ4v) is 3.98. The smallest absolute Gasteiger partial charge is 0.266 e. The van der Waals surface area contributed by atoms with Gasteiger partial charge in [0.25, 0.3) is 5.56 Å². The molecule has 150 valence electrons. The molecule has 0 aliphatic heterocycles. The Morgan fingerprint density at radius 3 is 2.45 bits per heavy atom. The van der Waals surface area contributed by atoms with E-state index in [-0.39, 0.29) is 11.3 Å². The normalized spacial score (nSPS) is 12.2. The second-order valence-electron chi connectivity index (χ2n) is 6.40. The highest BCUT2D eigenvalue weighted by Crippen LogP contribution is 2.18.